The van der Waals surface area contributed by atoms with E-state index in [2.05, 4.69) is 4.84 Å². The van der Waals surface area contributed by atoms with Gasteiger partial charge in [0, 0.05) is 7.05 Å². The van der Waals surface area contributed by atoms with Crippen LogP contribution in [0.3, 0.4) is 0 Å². The van der Waals surface area contributed by atoms with E-state index < -0.39 is 24.1 Å². The molecule has 1 N–H and O–H groups in total. The van der Waals surface area contributed by atoms with Crippen LogP contribution >= 0.6 is 0 Å². The third-order valence-corrected chi connectivity index (χ3v) is 1.62. The van der Waals surface area contributed by atoms with Gasteiger partial charge in [0.25, 0.3) is 0 Å². The Labute approximate surface area is 68.9 Å². The van der Waals surface area contributed by atoms with Crippen LogP contribution in [0.25, 0.3) is 0 Å². The molecule has 1 aliphatic heterocycles. The van der Waals surface area contributed by atoms with Crippen LogP contribution in [0.2, 0.25) is 0 Å². The molecule has 0 unspecified atom stereocenters. The SMILES string of the molecule is CONC(=O)B1C(=O)N(C)C1=O. The minimum atomic E-state index is -1.21. The van der Waals surface area contributed by atoms with E-state index in [1.54, 1.807) is 0 Å². The molecule has 64 valence electrons. The van der Waals surface area contributed by atoms with Gasteiger partial charge in [-0.2, -0.15) is 0 Å². The molecule has 1 rings (SSSR count). The van der Waals surface area contributed by atoms with Crippen molar-refractivity contribution in [3.8, 4) is 0 Å². The lowest BCUT2D eigenvalue weighted by Gasteiger charge is -2.28. The summed E-state index contributed by atoms with van der Waals surface area (Å²) in [4.78, 5) is 37.8. The van der Waals surface area contributed by atoms with E-state index in [1.165, 1.54) is 14.2 Å². The third-order valence-electron chi connectivity index (χ3n) is 1.62. The maximum atomic E-state index is 10.9. The smallest absolute Gasteiger partial charge is 0.301 e. The van der Waals surface area contributed by atoms with E-state index >= 15 is 0 Å². The minimum absolute atomic E-state index is 0.505. The molecule has 1 heterocycles. The highest BCUT2D eigenvalue weighted by Crippen LogP contribution is 2.11. The Morgan fingerprint density at radius 1 is 1.50 bits per heavy atom. The summed E-state index contributed by atoms with van der Waals surface area (Å²) < 4.78 is 0. The number of nitrogens with one attached hydrogen (secondary N) is 1. The van der Waals surface area contributed by atoms with Gasteiger partial charge in [0.15, 0.2) is 0 Å². The van der Waals surface area contributed by atoms with Gasteiger partial charge < -0.3 is 4.90 Å². The van der Waals surface area contributed by atoms with E-state index in [1.807, 2.05) is 5.48 Å². The monoisotopic (exact) mass is 170 g/mol. The number of hydrogen-bond donors (Lipinski definition) is 1. The van der Waals surface area contributed by atoms with Gasteiger partial charge in [-0.1, -0.05) is 0 Å². The van der Waals surface area contributed by atoms with Crippen LogP contribution in [0, 0.1) is 0 Å². The van der Waals surface area contributed by atoms with Crippen LogP contribution in [0.4, 0.5) is 14.4 Å². The summed E-state index contributed by atoms with van der Waals surface area (Å²) in [6, 6.07) is 0. The first-order valence-electron chi connectivity index (χ1n) is 3.24. The molecule has 6 nitrogen and oxygen atoms in total. The molecular weight excluding hydrogens is 163 g/mol. The number of imide groups is 1. The fraction of sp³-hybridized carbons (Fsp3) is 0.400. The fourth-order valence-electron chi connectivity index (χ4n) is 0.919. The zero-order chi connectivity index (χ0) is 9.30. The van der Waals surface area contributed by atoms with Gasteiger partial charge in [0.05, 0.1) is 7.11 Å². The second kappa shape index (κ2) is 2.94. The van der Waals surface area contributed by atoms with E-state index in [0.29, 0.717) is 0 Å². The molecular formula is C5H7BN2O4. The average Bonchev–Trinajstić information content (AvgIpc) is 2.05. The number of amides is 3. The largest absolute Gasteiger partial charge is 0.461 e. The van der Waals surface area contributed by atoms with Gasteiger partial charge in [-0.3, -0.25) is 19.2 Å². The normalized spacial score (nSPS) is 16.2. The highest BCUT2D eigenvalue weighted by Gasteiger charge is 2.54. The maximum Gasteiger partial charge on any atom is 0.461 e. The van der Waals surface area contributed by atoms with Crippen molar-refractivity contribution in [1.82, 2.24) is 10.4 Å². The Morgan fingerprint density at radius 3 is 2.42 bits per heavy atom. The molecule has 0 bridgehead atoms. The molecule has 1 aliphatic rings. The summed E-state index contributed by atoms with van der Waals surface area (Å²) in [6.07, 6.45) is 0. The van der Waals surface area contributed by atoms with Crippen LogP contribution in [0.5, 0.6) is 0 Å². The standard InChI is InChI=1S/C5H7BN2O4/c1-8-4(10)6(5(8)11)3(9)7-12-2/h1-2H3,(H,7,9). The quantitative estimate of drug-likeness (QED) is 0.455. The third kappa shape index (κ3) is 1.08. The van der Waals surface area contributed by atoms with Crippen molar-refractivity contribution in [2.24, 2.45) is 0 Å². The predicted octanol–water partition coefficient (Wildman–Crippen LogP) is -0.317. The maximum absolute atomic E-state index is 10.9. The van der Waals surface area contributed by atoms with E-state index in [4.69, 9.17) is 0 Å². The fourth-order valence-corrected chi connectivity index (χ4v) is 0.919. The average molecular weight is 170 g/mol. The molecule has 12 heavy (non-hydrogen) atoms. The lowest BCUT2D eigenvalue weighted by Crippen LogP contribution is -2.67. The second-order valence-electron chi connectivity index (χ2n) is 2.34. The van der Waals surface area contributed by atoms with Crippen molar-refractivity contribution < 1.29 is 19.2 Å². The highest BCUT2D eigenvalue weighted by atomic mass is 16.6. The van der Waals surface area contributed by atoms with Gasteiger partial charge in [-0.25, -0.2) is 5.48 Å². The Balaban J connectivity index is 2.61. The summed E-state index contributed by atoms with van der Waals surface area (Å²) in [5.41, 5.74) is 1.92. The summed E-state index contributed by atoms with van der Waals surface area (Å²) in [5, 5.41) is 0. The Morgan fingerprint density at radius 2 is 2.00 bits per heavy atom. The van der Waals surface area contributed by atoms with Crippen molar-refractivity contribution in [2.75, 3.05) is 14.2 Å². The summed E-state index contributed by atoms with van der Waals surface area (Å²) in [6.45, 7) is -1.21. The van der Waals surface area contributed by atoms with Gasteiger partial charge in [0.2, 0.25) is 17.4 Å². The van der Waals surface area contributed by atoms with Crippen LogP contribution in [0.1, 0.15) is 0 Å². The number of carbonyl (C=O) groups is 3. The molecule has 0 saturated carbocycles. The zero-order valence-electron chi connectivity index (χ0n) is 6.66. The van der Waals surface area contributed by atoms with Gasteiger partial charge >= 0.3 is 6.71 Å². The molecule has 1 saturated heterocycles. The summed E-state index contributed by atoms with van der Waals surface area (Å²) >= 11 is 0. The van der Waals surface area contributed by atoms with Crippen molar-refractivity contribution in [3.63, 3.8) is 0 Å². The molecule has 7 heteroatoms. The minimum Gasteiger partial charge on any atom is -0.301 e. The Kier molecular flexibility index (Phi) is 2.14. The number of nitrogens with zero attached hydrogens (tertiary/aromatic N) is 1. The first-order chi connectivity index (χ1) is 5.59. The van der Waals surface area contributed by atoms with Crippen LogP contribution < -0.4 is 5.48 Å². The molecule has 0 aromatic heterocycles. The second-order valence-corrected chi connectivity index (χ2v) is 2.34. The Bertz CT molecular complexity index is 238. The van der Waals surface area contributed by atoms with Crippen molar-refractivity contribution in [2.45, 2.75) is 0 Å². The van der Waals surface area contributed by atoms with Gasteiger partial charge in [0.1, 0.15) is 0 Å². The molecule has 0 atom stereocenters. The van der Waals surface area contributed by atoms with E-state index in [0.717, 1.165) is 4.90 Å². The molecule has 0 radical (unpaired) electrons. The lowest BCUT2D eigenvalue weighted by molar-refractivity contribution is 0.118. The van der Waals surface area contributed by atoms with Crippen LogP contribution in [-0.2, 0) is 4.84 Å². The number of carbonyl (C=O) groups excluding carboxylic acids is 3. The summed E-state index contributed by atoms with van der Waals surface area (Å²) in [7, 11) is 2.55. The predicted molar refractivity (Wildman–Crippen MR) is 39.8 cm³/mol. The van der Waals surface area contributed by atoms with Crippen LogP contribution in [0.15, 0.2) is 0 Å². The molecule has 0 aliphatic carbocycles. The molecule has 1 fully saturated rings. The first-order valence-corrected chi connectivity index (χ1v) is 3.24. The topological polar surface area (TPSA) is 75.7 Å². The zero-order valence-corrected chi connectivity index (χ0v) is 6.66. The molecule has 0 aromatic carbocycles. The van der Waals surface area contributed by atoms with Crippen molar-refractivity contribution in [3.05, 3.63) is 0 Å². The van der Waals surface area contributed by atoms with Gasteiger partial charge in [-0.05, 0) is 0 Å². The molecule has 0 spiro atoms. The van der Waals surface area contributed by atoms with Crippen molar-refractivity contribution >= 4 is 24.1 Å². The van der Waals surface area contributed by atoms with Gasteiger partial charge in [-0.15, -0.1) is 0 Å². The number of rotatable bonds is 2. The first kappa shape index (κ1) is 8.73. The number of hydrogen-bond acceptors (Lipinski definition) is 4. The number of hydroxylamine groups is 1. The van der Waals surface area contributed by atoms with Crippen LogP contribution in [-0.4, -0.2) is 43.2 Å². The highest BCUT2D eigenvalue weighted by molar-refractivity contribution is 7.32. The summed E-state index contributed by atoms with van der Waals surface area (Å²) in [5.74, 6) is -1.73. The Hall–Kier alpha value is -1.37. The lowest BCUT2D eigenvalue weighted by atomic mass is 9.41. The molecule has 0 aromatic rings. The van der Waals surface area contributed by atoms with E-state index in [9.17, 15) is 14.4 Å². The van der Waals surface area contributed by atoms with Crippen molar-refractivity contribution in [1.29, 1.82) is 0 Å². The molecule has 3 amide bonds. The van der Waals surface area contributed by atoms with E-state index in [-0.39, 0.29) is 0 Å².